The lowest BCUT2D eigenvalue weighted by molar-refractivity contribution is -0.429. The lowest BCUT2D eigenvalue weighted by atomic mass is 10.1. The topological polar surface area (TPSA) is 116 Å². The molecule has 3 rings (SSSR count). The van der Waals surface area contributed by atoms with Crippen LogP contribution in [-0.4, -0.2) is 13.3 Å². The van der Waals surface area contributed by atoms with Crippen molar-refractivity contribution in [1.82, 2.24) is 4.72 Å². The zero-order valence-corrected chi connectivity index (χ0v) is 15.0. The molecule has 0 saturated carbocycles. The Hall–Kier alpha value is -3.17. The molecule has 0 spiro atoms. The first-order valence-corrected chi connectivity index (χ1v) is 9.36. The third-order valence-corrected chi connectivity index (χ3v) is 5.24. The number of nitro groups is 1. The number of aryl methyl sites for hydroxylation is 1. The number of benzene rings is 1. The molecule has 8 nitrogen and oxygen atoms in total. The molecule has 1 unspecified atom stereocenters. The van der Waals surface area contributed by atoms with E-state index in [1.807, 2.05) is 6.92 Å². The molecule has 2 aromatic heterocycles. The summed E-state index contributed by atoms with van der Waals surface area (Å²) in [4.78, 5) is 11.0. The van der Waals surface area contributed by atoms with Crippen LogP contribution in [0.15, 0.2) is 80.7 Å². The van der Waals surface area contributed by atoms with Gasteiger partial charge in [-0.25, -0.2) is 8.42 Å². The van der Waals surface area contributed by atoms with E-state index in [-0.39, 0.29) is 10.7 Å². The maximum Gasteiger partial charge on any atom is 0.272 e. The van der Waals surface area contributed by atoms with Gasteiger partial charge in [-0.05, 0) is 37.3 Å². The summed E-state index contributed by atoms with van der Waals surface area (Å²) in [5.41, 5.74) is 0.914. The van der Waals surface area contributed by atoms with Crippen molar-refractivity contribution in [3.63, 3.8) is 0 Å². The fraction of sp³-hybridized carbons (Fsp3) is 0.111. The van der Waals surface area contributed by atoms with E-state index in [0.29, 0.717) is 5.56 Å². The van der Waals surface area contributed by atoms with E-state index in [4.69, 9.17) is 8.83 Å². The van der Waals surface area contributed by atoms with Crippen molar-refractivity contribution in [3.05, 3.63) is 94.0 Å². The second-order valence-corrected chi connectivity index (χ2v) is 7.48. The van der Waals surface area contributed by atoms with Gasteiger partial charge in [0, 0.05) is 11.6 Å². The largest absolute Gasteiger partial charge is 0.472 e. The lowest BCUT2D eigenvalue weighted by Gasteiger charge is -2.15. The minimum absolute atomic E-state index is 0.00401. The van der Waals surface area contributed by atoms with Gasteiger partial charge >= 0.3 is 0 Å². The Balaban J connectivity index is 2.04. The first kappa shape index (κ1) is 18.6. The molecule has 9 heteroatoms. The molecule has 0 bridgehead atoms. The van der Waals surface area contributed by atoms with Crippen molar-refractivity contribution < 1.29 is 22.2 Å². The predicted molar refractivity (Wildman–Crippen MR) is 96.6 cm³/mol. The number of hydrogen-bond acceptors (Lipinski definition) is 6. The standard InChI is InChI=1S/C18H16N2O6S/c1-13-4-6-15(7-5-13)27(23,24)19-18(17-3-2-9-26-17)16(20(21)22)11-14-8-10-25-12-14/h2-12,18-19H,1H3/b16-11+. The minimum atomic E-state index is -4.04. The minimum Gasteiger partial charge on any atom is -0.472 e. The molecular formula is C18H16N2O6S. The molecule has 0 aliphatic carbocycles. The second-order valence-electron chi connectivity index (χ2n) is 5.77. The SMILES string of the molecule is Cc1ccc(S(=O)(=O)NC(/C(=C\c2ccoc2)[N+](=O)[O-])c2ccco2)cc1. The van der Waals surface area contributed by atoms with Crippen molar-refractivity contribution in [2.45, 2.75) is 17.9 Å². The molecule has 0 fully saturated rings. The van der Waals surface area contributed by atoms with Gasteiger partial charge in [-0.2, -0.15) is 4.72 Å². The molecule has 1 atom stereocenters. The lowest BCUT2D eigenvalue weighted by Crippen LogP contribution is -2.31. The van der Waals surface area contributed by atoms with Crippen LogP contribution < -0.4 is 4.72 Å². The highest BCUT2D eigenvalue weighted by atomic mass is 32.2. The quantitative estimate of drug-likeness (QED) is 0.489. The van der Waals surface area contributed by atoms with E-state index in [1.54, 1.807) is 12.1 Å². The number of rotatable bonds is 7. The van der Waals surface area contributed by atoms with E-state index >= 15 is 0 Å². The van der Waals surface area contributed by atoms with Gasteiger partial charge in [-0.3, -0.25) is 10.1 Å². The van der Waals surface area contributed by atoms with Gasteiger partial charge in [0.05, 0.1) is 28.6 Å². The number of sulfonamides is 1. The second kappa shape index (κ2) is 7.60. The molecule has 0 saturated heterocycles. The Labute approximate surface area is 155 Å². The summed E-state index contributed by atoms with van der Waals surface area (Å²) < 4.78 is 38.0. The van der Waals surface area contributed by atoms with E-state index in [1.165, 1.54) is 55.2 Å². The number of hydrogen-bond donors (Lipinski definition) is 1. The first-order chi connectivity index (χ1) is 12.9. The van der Waals surface area contributed by atoms with Crippen LogP contribution in [0.3, 0.4) is 0 Å². The molecule has 0 aliphatic rings. The van der Waals surface area contributed by atoms with Crippen molar-refractivity contribution in [2.24, 2.45) is 0 Å². The molecule has 140 valence electrons. The Bertz CT molecular complexity index is 1040. The Morgan fingerprint density at radius 3 is 2.48 bits per heavy atom. The van der Waals surface area contributed by atoms with Crippen molar-refractivity contribution >= 4 is 16.1 Å². The molecule has 2 heterocycles. The Morgan fingerprint density at radius 2 is 1.93 bits per heavy atom. The number of nitrogens with one attached hydrogen (secondary N) is 1. The summed E-state index contributed by atoms with van der Waals surface area (Å²) in [5.74, 6) is 0.0946. The summed E-state index contributed by atoms with van der Waals surface area (Å²) in [5, 5.41) is 11.7. The third kappa shape index (κ3) is 4.33. The van der Waals surface area contributed by atoms with Crippen LogP contribution in [-0.2, 0) is 10.0 Å². The van der Waals surface area contributed by atoms with E-state index < -0.39 is 26.7 Å². The summed E-state index contributed by atoms with van der Waals surface area (Å²) in [6.45, 7) is 1.83. The molecule has 1 aromatic carbocycles. The average Bonchev–Trinajstić information content (AvgIpc) is 3.32. The maximum absolute atomic E-state index is 12.8. The van der Waals surface area contributed by atoms with Gasteiger partial charge in [0.1, 0.15) is 5.76 Å². The van der Waals surface area contributed by atoms with Crippen LogP contribution >= 0.6 is 0 Å². The fourth-order valence-corrected chi connectivity index (χ4v) is 3.61. The van der Waals surface area contributed by atoms with Crippen molar-refractivity contribution in [1.29, 1.82) is 0 Å². The van der Waals surface area contributed by atoms with Gasteiger partial charge < -0.3 is 8.83 Å². The van der Waals surface area contributed by atoms with E-state index in [9.17, 15) is 18.5 Å². The summed E-state index contributed by atoms with van der Waals surface area (Å²) in [7, 11) is -4.04. The van der Waals surface area contributed by atoms with Crippen LogP contribution in [0.4, 0.5) is 0 Å². The summed E-state index contributed by atoms with van der Waals surface area (Å²) >= 11 is 0. The number of furan rings is 2. The molecule has 0 radical (unpaired) electrons. The Kier molecular flexibility index (Phi) is 5.24. The highest BCUT2D eigenvalue weighted by molar-refractivity contribution is 7.89. The van der Waals surface area contributed by atoms with Gasteiger partial charge in [-0.1, -0.05) is 17.7 Å². The zero-order valence-electron chi connectivity index (χ0n) is 14.2. The number of nitrogens with zero attached hydrogens (tertiary/aromatic N) is 1. The van der Waals surface area contributed by atoms with Gasteiger partial charge in [-0.15, -0.1) is 0 Å². The monoisotopic (exact) mass is 388 g/mol. The molecule has 27 heavy (non-hydrogen) atoms. The highest BCUT2D eigenvalue weighted by Gasteiger charge is 2.33. The van der Waals surface area contributed by atoms with Crippen LogP contribution in [0.5, 0.6) is 0 Å². The van der Waals surface area contributed by atoms with Gasteiger partial charge in [0.2, 0.25) is 10.0 Å². The van der Waals surface area contributed by atoms with Crippen LogP contribution in [0.2, 0.25) is 0 Å². The first-order valence-electron chi connectivity index (χ1n) is 7.87. The van der Waals surface area contributed by atoms with Crippen molar-refractivity contribution in [2.75, 3.05) is 0 Å². The highest BCUT2D eigenvalue weighted by Crippen LogP contribution is 2.27. The third-order valence-electron chi connectivity index (χ3n) is 3.80. The van der Waals surface area contributed by atoms with Crippen LogP contribution in [0.25, 0.3) is 6.08 Å². The normalized spacial score (nSPS) is 13.4. The predicted octanol–water partition coefficient (Wildman–Crippen LogP) is 3.52. The molecule has 3 aromatic rings. The van der Waals surface area contributed by atoms with Crippen LogP contribution in [0, 0.1) is 17.0 Å². The van der Waals surface area contributed by atoms with E-state index in [0.717, 1.165) is 5.56 Å². The maximum atomic E-state index is 12.8. The zero-order chi connectivity index (χ0) is 19.4. The van der Waals surface area contributed by atoms with E-state index in [2.05, 4.69) is 4.72 Å². The Morgan fingerprint density at radius 1 is 1.19 bits per heavy atom. The molecule has 0 aliphatic heterocycles. The average molecular weight is 388 g/mol. The van der Waals surface area contributed by atoms with Crippen LogP contribution in [0.1, 0.15) is 22.9 Å². The van der Waals surface area contributed by atoms with Gasteiger partial charge in [0.25, 0.3) is 5.70 Å². The molecule has 1 N–H and O–H groups in total. The van der Waals surface area contributed by atoms with Gasteiger partial charge in [0.15, 0.2) is 6.04 Å². The summed E-state index contributed by atoms with van der Waals surface area (Å²) in [6, 6.07) is 9.35. The molecule has 0 amide bonds. The molecular weight excluding hydrogens is 372 g/mol. The summed E-state index contributed by atoms with van der Waals surface area (Å²) in [6.07, 6.45) is 5.23. The fourth-order valence-electron chi connectivity index (χ4n) is 2.43. The van der Waals surface area contributed by atoms with Crippen molar-refractivity contribution in [3.8, 4) is 0 Å². The smallest absolute Gasteiger partial charge is 0.272 e.